The van der Waals surface area contributed by atoms with Crippen molar-refractivity contribution in [3.8, 4) is 0 Å². The number of urea groups is 1. The van der Waals surface area contributed by atoms with Crippen LogP contribution in [0.25, 0.3) is 0 Å². The quantitative estimate of drug-likeness (QED) is 0.0344. The number of anilines is 1. The van der Waals surface area contributed by atoms with Crippen molar-refractivity contribution in [3.05, 3.63) is 65.7 Å². The number of amides is 12. The summed E-state index contributed by atoms with van der Waals surface area (Å²) in [5.41, 5.74) is 6.69. The number of hydrogen-bond acceptors (Lipinski definition) is 17. The number of carbonyl (C=O) groups is 12. The van der Waals surface area contributed by atoms with Gasteiger partial charge >= 0.3 is 18.1 Å². The molecule has 0 aromatic heterocycles. The van der Waals surface area contributed by atoms with Crippen molar-refractivity contribution in [1.82, 2.24) is 46.3 Å². The maximum Gasteiger partial charge on any atom is 0.410 e. The largest absolute Gasteiger partial charge is 0.445 e. The van der Waals surface area contributed by atoms with Crippen LogP contribution in [0.2, 0.25) is 0 Å². The van der Waals surface area contributed by atoms with E-state index >= 15 is 0 Å². The highest BCUT2D eigenvalue weighted by atomic mass is 16.7. The van der Waals surface area contributed by atoms with Gasteiger partial charge in [-0.3, -0.25) is 48.1 Å². The Morgan fingerprint density at radius 2 is 1.35 bits per heavy atom. The zero-order chi connectivity index (χ0) is 71.0. The second-order valence-electron chi connectivity index (χ2n) is 25.7. The fourth-order valence-electron chi connectivity index (χ4n) is 11.9. The smallest absolute Gasteiger partial charge is 0.410 e. The molecule has 95 heavy (non-hydrogen) atoms. The molecule has 2 aliphatic heterocycles. The van der Waals surface area contributed by atoms with Crippen LogP contribution in [0.1, 0.15) is 157 Å². The summed E-state index contributed by atoms with van der Waals surface area (Å²) in [6, 6.07) is 8.36. The number of primary amides is 1. The first-order chi connectivity index (χ1) is 44.9. The maximum atomic E-state index is 14.8. The molecule has 9 N–H and O–H groups in total. The van der Waals surface area contributed by atoms with E-state index < -0.39 is 144 Å². The van der Waals surface area contributed by atoms with Gasteiger partial charge in [-0.25, -0.2) is 14.4 Å². The average Bonchev–Trinajstić information content (AvgIpc) is 1.80. The normalized spacial score (nSPS) is 17.4. The number of aliphatic hydroxyl groups excluding tert-OH is 1. The van der Waals surface area contributed by atoms with Gasteiger partial charge in [0, 0.05) is 72.8 Å². The molecule has 2 aliphatic rings. The van der Waals surface area contributed by atoms with Crippen LogP contribution in [-0.4, -0.2) is 192 Å². The second-order valence-corrected chi connectivity index (χ2v) is 25.7. The van der Waals surface area contributed by atoms with Crippen LogP contribution in [0.3, 0.4) is 0 Å². The first-order valence-corrected chi connectivity index (χ1v) is 32.8. The van der Waals surface area contributed by atoms with Gasteiger partial charge in [-0.15, -0.1) is 5.06 Å². The predicted molar refractivity (Wildman–Crippen MR) is 350 cm³/mol. The van der Waals surface area contributed by atoms with E-state index in [1.807, 2.05) is 32.0 Å². The van der Waals surface area contributed by atoms with Crippen LogP contribution in [0.15, 0.2) is 54.6 Å². The van der Waals surface area contributed by atoms with Gasteiger partial charge in [-0.1, -0.05) is 111 Å². The lowest BCUT2D eigenvalue weighted by atomic mass is 9.89. The monoisotopic (exact) mass is 1330 g/mol. The number of methoxy groups -OCH3 is 2. The average molecular weight is 1330 g/mol. The number of nitrogens with zero attached hydrogens (tertiary/aromatic N) is 4. The number of rotatable bonds is 37. The van der Waals surface area contributed by atoms with Crippen molar-refractivity contribution in [2.24, 2.45) is 35.3 Å². The third-order valence-corrected chi connectivity index (χ3v) is 17.5. The van der Waals surface area contributed by atoms with Gasteiger partial charge in [-0.2, -0.15) is 0 Å². The van der Waals surface area contributed by atoms with Crippen LogP contribution in [-0.2, 0) is 73.6 Å². The Morgan fingerprint density at radius 3 is 1.92 bits per heavy atom. The Morgan fingerprint density at radius 1 is 0.716 bits per heavy atom. The van der Waals surface area contributed by atoms with Crippen molar-refractivity contribution < 1.29 is 81.7 Å². The highest BCUT2D eigenvalue weighted by Gasteiger charge is 2.44. The summed E-state index contributed by atoms with van der Waals surface area (Å²) >= 11 is 0. The molecule has 0 radical (unpaired) electrons. The Balaban J connectivity index is 1.38. The van der Waals surface area contributed by atoms with Crippen LogP contribution in [0, 0.1) is 29.6 Å². The summed E-state index contributed by atoms with van der Waals surface area (Å²) in [5.74, 6) is -7.93. The van der Waals surface area contributed by atoms with Crippen LogP contribution in [0.4, 0.5) is 15.3 Å². The Kier molecular flexibility index (Phi) is 32.0. The van der Waals surface area contributed by atoms with Crippen molar-refractivity contribution in [2.45, 2.75) is 207 Å². The van der Waals surface area contributed by atoms with E-state index in [4.69, 9.17) is 24.8 Å². The van der Waals surface area contributed by atoms with Crippen molar-refractivity contribution >= 4 is 76.9 Å². The van der Waals surface area contributed by atoms with E-state index in [-0.39, 0.29) is 82.3 Å². The number of nitrogens with two attached hydrogens (primary N) is 1. The lowest BCUT2D eigenvalue weighted by Gasteiger charge is -2.41. The fraction of sp³-hybridized carbons (Fsp3) is 0.642. The molecule has 2 heterocycles. The molecule has 528 valence electrons. The first kappa shape index (κ1) is 79.2. The number of carbonyl (C=O) groups excluding carboxylic acids is 12. The van der Waals surface area contributed by atoms with Gasteiger partial charge in [0.25, 0.3) is 11.8 Å². The Labute approximate surface area is 557 Å². The summed E-state index contributed by atoms with van der Waals surface area (Å²) in [6.07, 6.45) is -1.90. The molecule has 12 atom stereocenters. The molecule has 12 amide bonds. The molecule has 0 aliphatic carbocycles. The molecule has 28 heteroatoms. The SMILES string of the molecule is CC[C@@H](C)[C@H]([C@H](CC(=O)N1CCC[C@@H]1[C@@H](OC)[C@H](C)C(=O)N[C@@H](C)[C@H](O)c1ccccc1)OC)N(C)C(=O)[C@H](NC(=O)[C@@H](C(C)C)N(C)C(=O)OCc1ccc(NC(=O)[C@@H](CCCNC(N)=O)NC(=O)[C@H](NC(=O)CCCC(=O)ON2C(=O)CCC2=O)C(C)C)cc1)C(C)C. The van der Waals surface area contributed by atoms with Crippen LogP contribution >= 0.6 is 0 Å². The van der Waals surface area contributed by atoms with Crippen molar-refractivity contribution in [3.63, 3.8) is 0 Å². The molecule has 2 aromatic rings. The summed E-state index contributed by atoms with van der Waals surface area (Å²) in [5, 5.41) is 27.8. The number of aliphatic hydroxyl groups is 1. The van der Waals surface area contributed by atoms with Gasteiger partial charge in [0.1, 0.15) is 30.8 Å². The minimum Gasteiger partial charge on any atom is -0.445 e. The number of ether oxygens (including phenoxy) is 3. The number of benzene rings is 2. The number of nitrogens with one attached hydrogen (secondary N) is 6. The fourth-order valence-corrected chi connectivity index (χ4v) is 11.9. The highest BCUT2D eigenvalue weighted by molar-refractivity contribution is 6.02. The Bertz CT molecular complexity index is 2920. The molecule has 28 nitrogen and oxygen atoms in total. The topological polar surface area (TPSA) is 373 Å². The number of imide groups is 1. The van der Waals surface area contributed by atoms with Gasteiger partial charge in [-0.05, 0) is 86.0 Å². The van der Waals surface area contributed by atoms with E-state index in [1.54, 1.807) is 104 Å². The maximum absolute atomic E-state index is 14.8. The summed E-state index contributed by atoms with van der Waals surface area (Å²) in [7, 11) is 6.04. The molecular formula is C67H103N11O17. The zero-order valence-corrected chi connectivity index (χ0v) is 57.6. The van der Waals surface area contributed by atoms with Gasteiger partial charge in [0.15, 0.2) is 0 Å². The van der Waals surface area contributed by atoms with Crippen LogP contribution in [0.5, 0.6) is 0 Å². The third kappa shape index (κ3) is 23.3. The molecule has 2 aromatic carbocycles. The van der Waals surface area contributed by atoms with Crippen molar-refractivity contribution in [2.75, 3.05) is 46.7 Å². The minimum absolute atomic E-state index is 0.0225. The highest BCUT2D eigenvalue weighted by Crippen LogP contribution is 2.31. The zero-order valence-electron chi connectivity index (χ0n) is 57.6. The van der Waals surface area contributed by atoms with Crippen LogP contribution < -0.4 is 37.6 Å². The molecule has 0 saturated carbocycles. The number of likely N-dealkylation sites (N-methyl/N-ethyl adjacent to an activating group) is 2. The molecule has 4 rings (SSSR count). The number of hydrogen-bond donors (Lipinski definition) is 8. The third-order valence-electron chi connectivity index (χ3n) is 17.5. The molecule has 2 fully saturated rings. The van der Waals surface area contributed by atoms with Gasteiger partial charge in [0.05, 0.1) is 48.8 Å². The molecule has 2 saturated heterocycles. The standard InChI is InChI=1S/C67H103N11O17/c1-15-41(8)58(49(92-13)36-53(82)77-35-21-25-48(77)60(93-14)42(9)61(85)70-43(10)59(84)45-22-17-16-18-23-45)75(11)65(89)56(39(4)5)74-64(88)57(40(6)7)76(12)67(91)94-37-44-28-30-46(31-29-44)71-62(86)47(24-20-34-69-66(68)90)72-63(87)55(38(2)3)73-50(79)26-19-27-54(83)95-78-51(80)32-33-52(78)81/h16-18,22-23,28-31,38-43,47-49,55-60,84H,15,19-21,24-27,32-37H2,1-14H3,(H,70,85)(H,71,86)(H,72,87)(H,73,79)(H,74,88)(H3,68,69,90)/t41-,42+,43+,47-,48-,49+,55-,56-,57-,58-,59+,60+/m1/s1. The molecule has 0 unspecified atom stereocenters. The molecular weight excluding hydrogens is 1230 g/mol. The summed E-state index contributed by atoms with van der Waals surface area (Å²) in [4.78, 5) is 168. The van der Waals surface area contributed by atoms with E-state index in [1.165, 1.54) is 26.2 Å². The van der Waals surface area contributed by atoms with E-state index in [0.717, 1.165) is 4.90 Å². The molecule has 0 spiro atoms. The number of hydroxylamine groups is 2. The van der Waals surface area contributed by atoms with Gasteiger partial charge < -0.3 is 71.6 Å². The summed E-state index contributed by atoms with van der Waals surface area (Å²) in [6.45, 7) is 18.1. The lowest BCUT2D eigenvalue weighted by Crippen LogP contribution is -2.60. The number of likely N-dealkylation sites (tertiary alicyclic amines) is 1. The summed E-state index contributed by atoms with van der Waals surface area (Å²) < 4.78 is 17.7. The predicted octanol–water partition coefficient (Wildman–Crippen LogP) is 4.37. The molecule has 0 bridgehead atoms. The van der Waals surface area contributed by atoms with Crippen molar-refractivity contribution in [1.29, 1.82) is 0 Å². The minimum atomic E-state index is -1.17. The second kappa shape index (κ2) is 38.3. The van der Waals surface area contributed by atoms with E-state index in [9.17, 15) is 62.6 Å². The lowest BCUT2D eigenvalue weighted by molar-refractivity contribution is -0.197. The van der Waals surface area contributed by atoms with E-state index in [0.29, 0.717) is 47.7 Å². The van der Waals surface area contributed by atoms with E-state index in [2.05, 4.69) is 31.9 Å². The van der Waals surface area contributed by atoms with Gasteiger partial charge in [0.2, 0.25) is 41.4 Å². The first-order valence-electron chi connectivity index (χ1n) is 32.8. The Hall–Kier alpha value is -8.24.